The number of halogens is 1. The van der Waals surface area contributed by atoms with Crippen LogP contribution >= 0.6 is 27.7 Å². The molecule has 0 atom stereocenters. The van der Waals surface area contributed by atoms with Crippen LogP contribution < -0.4 is 10.2 Å². The number of hydrogen-bond acceptors (Lipinski definition) is 5. The van der Waals surface area contributed by atoms with Gasteiger partial charge in [0.15, 0.2) is 0 Å². The normalized spacial score (nSPS) is 18.3. The van der Waals surface area contributed by atoms with Gasteiger partial charge in [0.25, 0.3) is 11.1 Å². The Hall–Kier alpha value is -2.84. The first-order valence-electron chi connectivity index (χ1n) is 11.0. The zero-order valence-corrected chi connectivity index (χ0v) is 21.9. The summed E-state index contributed by atoms with van der Waals surface area (Å²) in [5.74, 6) is -0.884. The van der Waals surface area contributed by atoms with E-state index in [2.05, 4.69) is 66.0 Å². The number of carbonyl (C=O) groups is 3. The molecule has 2 heterocycles. The molecule has 2 aliphatic heterocycles. The molecular weight excluding hydrogens is 514 g/mol. The van der Waals surface area contributed by atoms with Gasteiger partial charge in [-0.2, -0.15) is 0 Å². The van der Waals surface area contributed by atoms with Crippen LogP contribution in [-0.4, -0.2) is 40.6 Å². The average molecular weight is 540 g/mol. The molecule has 1 fully saturated rings. The summed E-state index contributed by atoms with van der Waals surface area (Å²) < 4.78 is 0.889. The van der Waals surface area contributed by atoms with Gasteiger partial charge in [-0.3, -0.25) is 19.3 Å². The Kier molecular flexibility index (Phi) is 6.73. The van der Waals surface area contributed by atoms with Crippen molar-refractivity contribution in [2.24, 2.45) is 0 Å². The Bertz CT molecular complexity index is 1230. The summed E-state index contributed by atoms with van der Waals surface area (Å²) in [7, 11) is 0. The van der Waals surface area contributed by atoms with Gasteiger partial charge in [0.05, 0.1) is 10.4 Å². The van der Waals surface area contributed by atoms with Gasteiger partial charge in [-0.15, -0.1) is 0 Å². The number of nitrogens with one attached hydrogen (secondary N) is 1. The Morgan fingerprint density at radius 3 is 2.53 bits per heavy atom. The number of fused-ring (bicyclic) bond motifs is 1. The molecule has 4 rings (SSSR count). The number of benzene rings is 2. The minimum absolute atomic E-state index is 0.0766. The molecule has 2 aliphatic rings. The molecule has 0 bridgehead atoms. The number of allylic oxidation sites excluding steroid dienone is 1. The number of likely N-dealkylation sites (N-methyl/N-ethyl adjacent to an activating group) is 1. The summed E-state index contributed by atoms with van der Waals surface area (Å²) in [4.78, 5) is 41.4. The lowest BCUT2D eigenvalue weighted by Crippen LogP contribution is -2.44. The molecule has 8 heteroatoms. The van der Waals surface area contributed by atoms with Gasteiger partial charge in [0, 0.05) is 28.0 Å². The molecule has 0 aliphatic carbocycles. The van der Waals surface area contributed by atoms with E-state index in [4.69, 9.17) is 0 Å². The number of hydrogen-bond donors (Lipinski definition) is 1. The zero-order chi connectivity index (χ0) is 24.6. The summed E-state index contributed by atoms with van der Waals surface area (Å²) in [5.41, 5.74) is 4.81. The van der Waals surface area contributed by atoms with E-state index < -0.39 is 17.1 Å². The van der Waals surface area contributed by atoms with Gasteiger partial charge >= 0.3 is 0 Å². The Morgan fingerprint density at radius 1 is 1.15 bits per heavy atom. The Morgan fingerprint density at radius 2 is 1.85 bits per heavy atom. The number of rotatable bonds is 5. The largest absolute Gasteiger partial charge is 0.363 e. The summed E-state index contributed by atoms with van der Waals surface area (Å²) in [6.07, 6.45) is 3.97. The molecule has 2 aromatic rings. The third-order valence-electron chi connectivity index (χ3n) is 5.92. The SMILES string of the molecule is CCN1c2ccc(/C=C3\SC(=O)N(CC(=O)Nc4ccc(Br)cc4)C3=O)cc2C(C)=CC1(C)C. The number of anilines is 2. The van der Waals surface area contributed by atoms with Crippen LogP contribution in [0.5, 0.6) is 0 Å². The predicted molar refractivity (Wildman–Crippen MR) is 143 cm³/mol. The Balaban J connectivity index is 1.52. The molecule has 0 saturated carbocycles. The number of thioether (sulfide) groups is 1. The highest BCUT2D eigenvalue weighted by Crippen LogP contribution is 2.40. The van der Waals surface area contributed by atoms with E-state index in [1.807, 2.05) is 12.1 Å². The molecule has 0 radical (unpaired) electrons. The molecule has 2 aromatic carbocycles. The van der Waals surface area contributed by atoms with E-state index in [9.17, 15) is 14.4 Å². The van der Waals surface area contributed by atoms with Crippen molar-refractivity contribution in [1.82, 2.24) is 4.90 Å². The maximum Gasteiger partial charge on any atom is 0.294 e. The number of nitrogens with zero attached hydrogens (tertiary/aromatic N) is 2. The lowest BCUT2D eigenvalue weighted by molar-refractivity contribution is -0.127. The molecule has 1 saturated heterocycles. The number of amides is 3. The molecule has 176 valence electrons. The molecule has 6 nitrogen and oxygen atoms in total. The van der Waals surface area contributed by atoms with Gasteiger partial charge in [-0.1, -0.05) is 28.1 Å². The van der Waals surface area contributed by atoms with Crippen molar-refractivity contribution in [2.45, 2.75) is 33.2 Å². The molecule has 3 amide bonds. The molecular formula is C26H26BrN3O3S. The molecule has 0 spiro atoms. The van der Waals surface area contributed by atoms with E-state index in [1.54, 1.807) is 30.3 Å². The Labute approximate surface area is 212 Å². The van der Waals surface area contributed by atoms with E-state index in [0.29, 0.717) is 10.6 Å². The minimum atomic E-state index is -0.456. The van der Waals surface area contributed by atoms with Gasteiger partial charge in [0.1, 0.15) is 6.54 Å². The van der Waals surface area contributed by atoms with Crippen molar-refractivity contribution in [3.63, 3.8) is 0 Å². The second-order valence-electron chi connectivity index (χ2n) is 8.82. The molecule has 0 aromatic heterocycles. The predicted octanol–water partition coefficient (Wildman–Crippen LogP) is 6.15. The third kappa shape index (κ3) is 4.83. The first-order chi connectivity index (χ1) is 16.1. The van der Waals surface area contributed by atoms with E-state index in [1.165, 1.54) is 5.57 Å². The van der Waals surface area contributed by atoms with Crippen molar-refractivity contribution in [2.75, 3.05) is 23.3 Å². The van der Waals surface area contributed by atoms with Crippen LogP contribution in [0.4, 0.5) is 16.2 Å². The van der Waals surface area contributed by atoms with E-state index in [0.717, 1.165) is 44.5 Å². The summed E-state index contributed by atoms with van der Waals surface area (Å²) in [5, 5.41) is 2.26. The topological polar surface area (TPSA) is 69.7 Å². The van der Waals surface area contributed by atoms with Crippen LogP contribution in [0.3, 0.4) is 0 Å². The lowest BCUT2D eigenvalue weighted by Gasteiger charge is -2.42. The first-order valence-corrected chi connectivity index (χ1v) is 12.6. The maximum absolute atomic E-state index is 12.9. The van der Waals surface area contributed by atoms with Crippen molar-refractivity contribution in [1.29, 1.82) is 0 Å². The minimum Gasteiger partial charge on any atom is -0.363 e. The van der Waals surface area contributed by atoms with Gasteiger partial charge in [-0.25, -0.2) is 0 Å². The van der Waals surface area contributed by atoms with Gasteiger partial charge in [0.2, 0.25) is 5.91 Å². The fraction of sp³-hybridized carbons (Fsp3) is 0.269. The van der Waals surface area contributed by atoms with E-state index in [-0.39, 0.29) is 12.1 Å². The van der Waals surface area contributed by atoms with Crippen molar-refractivity contribution >= 4 is 67.8 Å². The van der Waals surface area contributed by atoms with Crippen molar-refractivity contribution < 1.29 is 14.4 Å². The van der Waals surface area contributed by atoms with Crippen LogP contribution in [0, 0.1) is 0 Å². The zero-order valence-electron chi connectivity index (χ0n) is 19.5. The second kappa shape index (κ2) is 9.43. The smallest absolute Gasteiger partial charge is 0.294 e. The fourth-order valence-electron chi connectivity index (χ4n) is 4.43. The highest BCUT2D eigenvalue weighted by atomic mass is 79.9. The third-order valence-corrected chi connectivity index (χ3v) is 7.35. The summed E-state index contributed by atoms with van der Waals surface area (Å²) in [6, 6.07) is 13.2. The summed E-state index contributed by atoms with van der Waals surface area (Å²) >= 11 is 4.20. The number of carbonyl (C=O) groups excluding carboxylic acids is 3. The monoisotopic (exact) mass is 539 g/mol. The fourth-order valence-corrected chi connectivity index (χ4v) is 5.54. The van der Waals surface area contributed by atoms with Gasteiger partial charge in [-0.05, 0) is 93.1 Å². The highest BCUT2D eigenvalue weighted by molar-refractivity contribution is 9.10. The van der Waals surface area contributed by atoms with Crippen LogP contribution in [0.25, 0.3) is 11.6 Å². The van der Waals surface area contributed by atoms with Gasteiger partial charge < -0.3 is 10.2 Å². The maximum atomic E-state index is 12.9. The second-order valence-corrected chi connectivity index (χ2v) is 10.7. The lowest BCUT2D eigenvalue weighted by atomic mass is 9.88. The molecule has 0 unspecified atom stereocenters. The molecule has 34 heavy (non-hydrogen) atoms. The van der Waals surface area contributed by atoms with Crippen molar-refractivity contribution in [3.05, 3.63) is 69.0 Å². The quantitative estimate of drug-likeness (QED) is 0.461. The first kappa shape index (κ1) is 24.3. The van der Waals surface area contributed by atoms with Crippen LogP contribution in [0.1, 0.15) is 38.8 Å². The van der Waals surface area contributed by atoms with Crippen LogP contribution in [0.15, 0.2) is 57.9 Å². The van der Waals surface area contributed by atoms with E-state index >= 15 is 0 Å². The van der Waals surface area contributed by atoms with Crippen molar-refractivity contribution in [3.8, 4) is 0 Å². The highest BCUT2D eigenvalue weighted by Gasteiger charge is 2.36. The average Bonchev–Trinajstić information content (AvgIpc) is 3.02. The number of imide groups is 1. The van der Waals surface area contributed by atoms with Crippen LogP contribution in [0.2, 0.25) is 0 Å². The van der Waals surface area contributed by atoms with Crippen LogP contribution in [-0.2, 0) is 9.59 Å². The summed E-state index contributed by atoms with van der Waals surface area (Å²) in [6.45, 7) is 9.17. The molecule has 1 N–H and O–H groups in total. The standard InChI is InChI=1S/C26H26BrN3O3S/c1-5-30-21-11-6-17(12-20(21)16(2)14-26(30,3)4)13-22-24(32)29(25(33)34-22)15-23(31)28-19-9-7-18(27)8-10-19/h6-14H,5,15H2,1-4H3,(H,28,31)/b22-13-.